The zero-order valence-electron chi connectivity index (χ0n) is 13.4. The maximum Gasteiger partial charge on any atom is 0.236 e. The standard InChI is InChI=1S/C18H26N2OS/c1-14-6-8-16(9-7-14)22-18(10-2-3-11-18)17(21)20-15-5-4-12-19-13-15/h6-9,15,19H,2-5,10-13H2,1H3,(H,20,21). The SMILES string of the molecule is Cc1ccc(SC2(C(=O)NC3CCCNC3)CCCC2)cc1. The van der Waals surface area contributed by atoms with E-state index in [-0.39, 0.29) is 10.7 Å². The number of piperidine rings is 1. The van der Waals surface area contributed by atoms with Crippen molar-refractivity contribution in [1.29, 1.82) is 0 Å². The summed E-state index contributed by atoms with van der Waals surface area (Å²) >= 11 is 1.77. The molecule has 120 valence electrons. The van der Waals surface area contributed by atoms with Gasteiger partial charge in [-0.1, -0.05) is 30.5 Å². The molecule has 1 saturated heterocycles. The quantitative estimate of drug-likeness (QED) is 0.895. The molecule has 4 heteroatoms. The summed E-state index contributed by atoms with van der Waals surface area (Å²) in [5, 5.41) is 6.69. The van der Waals surface area contributed by atoms with Gasteiger partial charge < -0.3 is 10.6 Å². The second kappa shape index (κ2) is 7.05. The minimum atomic E-state index is -0.257. The van der Waals surface area contributed by atoms with Crippen molar-refractivity contribution in [2.75, 3.05) is 13.1 Å². The molecule has 1 atom stereocenters. The fraction of sp³-hybridized carbons (Fsp3) is 0.611. The van der Waals surface area contributed by atoms with Crippen LogP contribution in [0.5, 0.6) is 0 Å². The van der Waals surface area contributed by atoms with Gasteiger partial charge in [-0.05, 0) is 51.3 Å². The molecule has 1 unspecified atom stereocenters. The van der Waals surface area contributed by atoms with Gasteiger partial charge in [0.05, 0.1) is 4.75 Å². The van der Waals surface area contributed by atoms with Crippen LogP contribution in [0.15, 0.2) is 29.2 Å². The second-order valence-electron chi connectivity index (χ2n) is 6.63. The molecule has 2 aliphatic rings. The van der Waals surface area contributed by atoms with Crippen LogP contribution in [0, 0.1) is 6.92 Å². The molecule has 2 N–H and O–H groups in total. The molecule has 1 aromatic rings. The molecule has 0 bridgehead atoms. The highest BCUT2D eigenvalue weighted by Crippen LogP contribution is 2.45. The summed E-state index contributed by atoms with van der Waals surface area (Å²) in [7, 11) is 0. The Labute approximate surface area is 137 Å². The maximum atomic E-state index is 12.9. The third kappa shape index (κ3) is 3.66. The lowest BCUT2D eigenvalue weighted by molar-refractivity contribution is -0.124. The number of carbonyl (C=O) groups excluding carboxylic acids is 1. The van der Waals surface area contributed by atoms with Gasteiger partial charge in [0.1, 0.15) is 0 Å². The fourth-order valence-corrected chi connectivity index (χ4v) is 4.81. The highest BCUT2D eigenvalue weighted by atomic mass is 32.2. The van der Waals surface area contributed by atoms with Crippen molar-refractivity contribution in [3.63, 3.8) is 0 Å². The Morgan fingerprint density at radius 2 is 1.95 bits per heavy atom. The van der Waals surface area contributed by atoms with E-state index in [1.54, 1.807) is 11.8 Å². The summed E-state index contributed by atoms with van der Waals surface area (Å²) in [5.41, 5.74) is 1.27. The summed E-state index contributed by atoms with van der Waals surface area (Å²) in [5.74, 6) is 0.254. The molecular formula is C18H26N2OS. The van der Waals surface area contributed by atoms with Gasteiger partial charge >= 0.3 is 0 Å². The van der Waals surface area contributed by atoms with Crippen LogP contribution in [-0.2, 0) is 4.79 Å². The van der Waals surface area contributed by atoms with E-state index in [9.17, 15) is 4.79 Å². The summed E-state index contributed by atoms with van der Waals surface area (Å²) in [6.45, 7) is 4.09. The summed E-state index contributed by atoms with van der Waals surface area (Å²) < 4.78 is -0.257. The lowest BCUT2D eigenvalue weighted by Gasteiger charge is -2.31. The topological polar surface area (TPSA) is 41.1 Å². The predicted molar refractivity (Wildman–Crippen MR) is 92.3 cm³/mol. The summed E-state index contributed by atoms with van der Waals surface area (Å²) in [6, 6.07) is 8.87. The number of carbonyl (C=O) groups is 1. The first kappa shape index (κ1) is 15.9. The van der Waals surface area contributed by atoms with Crippen LogP contribution in [0.25, 0.3) is 0 Å². The van der Waals surface area contributed by atoms with Crippen molar-refractivity contribution in [2.45, 2.75) is 61.1 Å². The van der Waals surface area contributed by atoms with Crippen LogP contribution in [0.1, 0.15) is 44.1 Å². The van der Waals surface area contributed by atoms with Crippen LogP contribution in [0.3, 0.4) is 0 Å². The Bertz CT molecular complexity index is 502. The molecule has 1 heterocycles. The van der Waals surface area contributed by atoms with E-state index < -0.39 is 0 Å². The van der Waals surface area contributed by atoms with Gasteiger partial charge in [0.25, 0.3) is 0 Å². The maximum absolute atomic E-state index is 12.9. The zero-order chi connectivity index (χ0) is 15.4. The minimum Gasteiger partial charge on any atom is -0.351 e. The molecule has 0 radical (unpaired) electrons. The number of hydrogen-bond acceptors (Lipinski definition) is 3. The summed E-state index contributed by atoms with van der Waals surface area (Å²) in [4.78, 5) is 14.2. The van der Waals surface area contributed by atoms with Crippen molar-refractivity contribution in [3.8, 4) is 0 Å². The number of aryl methyl sites for hydroxylation is 1. The Hall–Kier alpha value is -1.00. The average molecular weight is 318 g/mol. The zero-order valence-corrected chi connectivity index (χ0v) is 14.2. The molecule has 1 aromatic carbocycles. The van der Waals surface area contributed by atoms with Gasteiger partial charge in [-0.25, -0.2) is 0 Å². The van der Waals surface area contributed by atoms with Crippen LogP contribution in [0.4, 0.5) is 0 Å². The van der Waals surface area contributed by atoms with Gasteiger partial charge in [0.2, 0.25) is 5.91 Å². The first-order valence-corrected chi connectivity index (χ1v) is 9.27. The molecule has 3 nitrogen and oxygen atoms in total. The fourth-order valence-electron chi connectivity index (χ4n) is 3.45. The molecule has 1 amide bonds. The highest BCUT2D eigenvalue weighted by Gasteiger charge is 2.42. The third-order valence-electron chi connectivity index (χ3n) is 4.79. The second-order valence-corrected chi connectivity index (χ2v) is 8.09. The molecule has 3 rings (SSSR count). The first-order valence-electron chi connectivity index (χ1n) is 8.45. The smallest absolute Gasteiger partial charge is 0.236 e. The predicted octanol–water partition coefficient (Wildman–Crippen LogP) is 3.27. The Kier molecular flexibility index (Phi) is 5.09. The van der Waals surface area contributed by atoms with Crippen LogP contribution in [0.2, 0.25) is 0 Å². The number of nitrogens with one attached hydrogen (secondary N) is 2. The molecule has 0 spiro atoms. The molecule has 2 fully saturated rings. The average Bonchev–Trinajstić information content (AvgIpc) is 3.00. The van der Waals surface area contributed by atoms with Gasteiger partial charge in [0, 0.05) is 17.5 Å². The van der Waals surface area contributed by atoms with E-state index in [0.717, 1.165) is 51.6 Å². The van der Waals surface area contributed by atoms with E-state index in [0.29, 0.717) is 6.04 Å². The molecule has 22 heavy (non-hydrogen) atoms. The lowest BCUT2D eigenvalue weighted by Crippen LogP contribution is -2.51. The number of hydrogen-bond donors (Lipinski definition) is 2. The first-order chi connectivity index (χ1) is 10.7. The molecular weight excluding hydrogens is 292 g/mol. The van der Waals surface area contributed by atoms with E-state index >= 15 is 0 Å². The van der Waals surface area contributed by atoms with Crippen LogP contribution < -0.4 is 10.6 Å². The van der Waals surface area contributed by atoms with Crippen LogP contribution >= 0.6 is 11.8 Å². The lowest BCUT2D eigenvalue weighted by atomic mass is 10.0. The van der Waals surface area contributed by atoms with Gasteiger partial charge in [-0.3, -0.25) is 4.79 Å². The molecule has 1 aliphatic carbocycles. The summed E-state index contributed by atoms with van der Waals surface area (Å²) in [6.07, 6.45) is 6.58. The van der Waals surface area contributed by atoms with Crippen molar-refractivity contribution in [2.24, 2.45) is 0 Å². The van der Waals surface area contributed by atoms with Crippen molar-refractivity contribution in [3.05, 3.63) is 29.8 Å². The number of rotatable bonds is 4. The van der Waals surface area contributed by atoms with Crippen molar-refractivity contribution >= 4 is 17.7 Å². The normalized spacial score (nSPS) is 24.1. The van der Waals surface area contributed by atoms with Gasteiger partial charge in [-0.15, -0.1) is 11.8 Å². The van der Waals surface area contributed by atoms with Gasteiger partial charge in [0.15, 0.2) is 0 Å². The number of amides is 1. The van der Waals surface area contributed by atoms with E-state index in [4.69, 9.17) is 0 Å². The molecule has 1 aliphatic heterocycles. The van der Waals surface area contributed by atoms with E-state index in [1.807, 2.05) is 0 Å². The van der Waals surface area contributed by atoms with Crippen LogP contribution in [-0.4, -0.2) is 29.8 Å². The number of benzene rings is 1. The van der Waals surface area contributed by atoms with Gasteiger partial charge in [-0.2, -0.15) is 0 Å². The number of thioether (sulfide) groups is 1. The Morgan fingerprint density at radius 1 is 1.23 bits per heavy atom. The molecule has 0 aromatic heterocycles. The van der Waals surface area contributed by atoms with Crippen molar-refractivity contribution in [1.82, 2.24) is 10.6 Å². The Morgan fingerprint density at radius 3 is 2.59 bits per heavy atom. The highest BCUT2D eigenvalue weighted by molar-refractivity contribution is 8.01. The van der Waals surface area contributed by atoms with E-state index in [1.165, 1.54) is 10.5 Å². The third-order valence-corrected chi connectivity index (χ3v) is 6.28. The van der Waals surface area contributed by atoms with E-state index in [2.05, 4.69) is 41.8 Å². The monoisotopic (exact) mass is 318 g/mol. The largest absolute Gasteiger partial charge is 0.351 e. The van der Waals surface area contributed by atoms with Crippen molar-refractivity contribution < 1.29 is 4.79 Å². The molecule has 1 saturated carbocycles. The minimum absolute atomic E-state index is 0.254. The Balaban J connectivity index is 1.69.